The molecule has 13 heteroatoms. The van der Waals surface area contributed by atoms with Crippen LogP contribution in [0.2, 0.25) is 5.02 Å². The van der Waals surface area contributed by atoms with Gasteiger partial charge in [0.2, 0.25) is 5.91 Å². The Hall–Kier alpha value is -4.06. The maximum atomic E-state index is 13.6. The predicted molar refractivity (Wildman–Crippen MR) is 135 cm³/mol. The minimum atomic E-state index is -4.93. The number of hydrogen-bond acceptors (Lipinski definition) is 4. The lowest BCUT2D eigenvalue weighted by Gasteiger charge is -2.28. The second kappa shape index (κ2) is 10.5. The molecule has 0 fully saturated rings. The molecule has 0 bridgehead atoms. The Morgan fingerprint density at radius 1 is 0.975 bits per heavy atom. The Morgan fingerprint density at radius 2 is 1.60 bits per heavy atom. The first-order valence-corrected chi connectivity index (χ1v) is 12.0. The largest absolute Gasteiger partial charge is 0.573 e. The van der Waals surface area contributed by atoms with Crippen LogP contribution in [0.5, 0.6) is 5.75 Å². The molecule has 1 heterocycles. The first-order chi connectivity index (χ1) is 18.6. The summed E-state index contributed by atoms with van der Waals surface area (Å²) in [5, 5.41) is 4.83. The molecule has 0 aromatic heterocycles. The van der Waals surface area contributed by atoms with Crippen molar-refractivity contribution in [3.8, 4) is 5.75 Å². The molecule has 3 amide bonds. The SMILES string of the molecule is CC(=O)N(C(=O)N1CC(C)(c2ccccc2)C(c2ccc(C(F)(F)F)c(Cl)c2)=N1)c1ccc(OC(F)(F)F)cc1. The van der Waals surface area contributed by atoms with Crippen LogP contribution in [0.3, 0.4) is 0 Å². The Labute approximate surface area is 229 Å². The number of urea groups is 1. The van der Waals surface area contributed by atoms with E-state index in [0.29, 0.717) is 5.56 Å². The van der Waals surface area contributed by atoms with Crippen LogP contribution >= 0.6 is 11.6 Å². The molecular weight excluding hydrogens is 564 g/mol. The lowest BCUT2D eigenvalue weighted by atomic mass is 9.76. The summed E-state index contributed by atoms with van der Waals surface area (Å²) in [6.45, 7) is 2.72. The van der Waals surface area contributed by atoms with Crippen LogP contribution in [-0.4, -0.2) is 35.6 Å². The highest BCUT2D eigenvalue weighted by molar-refractivity contribution is 6.32. The molecule has 6 nitrogen and oxygen atoms in total. The van der Waals surface area contributed by atoms with E-state index in [0.717, 1.165) is 53.2 Å². The Bertz CT molecular complexity index is 1460. The molecule has 3 aromatic carbocycles. The molecule has 0 saturated heterocycles. The highest BCUT2D eigenvalue weighted by atomic mass is 35.5. The average molecular weight is 584 g/mol. The zero-order chi connectivity index (χ0) is 29.5. The average Bonchev–Trinajstić information content (AvgIpc) is 3.22. The van der Waals surface area contributed by atoms with Crippen molar-refractivity contribution < 1.29 is 40.7 Å². The van der Waals surface area contributed by atoms with E-state index in [1.54, 1.807) is 37.3 Å². The summed E-state index contributed by atoms with van der Waals surface area (Å²) in [6.07, 6.45) is -9.61. The lowest BCUT2D eigenvalue weighted by Crippen LogP contribution is -2.45. The molecule has 1 atom stereocenters. The quantitative estimate of drug-likeness (QED) is 0.301. The summed E-state index contributed by atoms with van der Waals surface area (Å²) in [7, 11) is 0. The highest BCUT2D eigenvalue weighted by Crippen LogP contribution is 2.39. The number of hydrogen-bond donors (Lipinski definition) is 0. The van der Waals surface area contributed by atoms with E-state index < -0.39 is 46.2 Å². The van der Waals surface area contributed by atoms with E-state index in [1.807, 2.05) is 0 Å². The van der Waals surface area contributed by atoms with Crippen molar-refractivity contribution in [3.05, 3.63) is 94.5 Å². The van der Waals surface area contributed by atoms with Crippen LogP contribution in [0.1, 0.15) is 30.5 Å². The molecule has 210 valence electrons. The van der Waals surface area contributed by atoms with Crippen molar-refractivity contribution in [2.24, 2.45) is 5.10 Å². The number of alkyl halides is 6. The molecule has 0 aliphatic carbocycles. The summed E-state index contributed by atoms with van der Waals surface area (Å²) in [6, 6.07) is 15.1. The molecular formula is C27H20ClF6N3O3. The van der Waals surface area contributed by atoms with Gasteiger partial charge in [-0.05, 0) is 48.9 Å². The molecule has 4 rings (SSSR count). The standard InChI is InChI=1S/C27H20ClF6N3O3/c1-16(38)37(19-9-11-20(12-10-19)40-27(32,33)34)24(39)36-15-25(2,18-6-4-3-5-7-18)23(35-36)17-8-13-21(22(28)14-17)26(29,30)31/h3-14H,15H2,1-2H3. The smallest absolute Gasteiger partial charge is 0.406 e. The predicted octanol–water partition coefficient (Wildman–Crippen LogP) is 7.41. The number of carbonyl (C=O) groups excluding carboxylic acids is 2. The highest BCUT2D eigenvalue weighted by Gasteiger charge is 2.45. The second-order valence-corrected chi connectivity index (χ2v) is 9.48. The van der Waals surface area contributed by atoms with Gasteiger partial charge >= 0.3 is 18.6 Å². The van der Waals surface area contributed by atoms with Gasteiger partial charge in [0.15, 0.2) is 0 Å². The molecule has 1 aliphatic heterocycles. The van der Waals surface area contributed by atoms with Crippen molar-refractivity contribution in [2.75, 3.05) is 11.4 Å². The Balaban J connectivity index is 1.75. The van der Waals surface area contributed by atoms with E-state index in [2.05, 4.69) is 9.84 Å². The number of rotatable bonds is 4. The van der Waals surface area contributed by atoms with E-state index in [1.165, 1.54) is 6.07 Å². The van der Waals surface area contributed by atoms with Crippen LogP contribution in [0.15, 0.2) is 77.9 Å². The van der Waals surface area contributed by atoms with Gasteiger partial charge in [-0.2, -0.15) is 18.3 Å². The monoisotopic (exact) mass is 583 g/mol. The van der Waals surface area contributed by atoms with Gasteiger partial charge in [-0.1, -0.05) is 48.0 Å². The summed E-state index contributed by atoms with van der Waals surface area (Å²) in [4.78, 5) is 26.8. The van der Waals surface area contributed by atoms with Gasteiger partial charge in [0, 0.05) is 12.5 Å². The number of anilines is 1. The first-order valence-electron chi connectivity index (χ1n) is 11.6. The number of halogens is 7. The molecule has 1 unspecified atom stereocenters. The minimum Gasteiger partial charge on any atom is -0.406 e. The lowest BCUT2D eigenvalue weighted by molar-refractivity contribution is -0.274. The van der Waals surface area contributed by atoms with Gasteiger partial charge < -0.3 is 4.74 Å². The number of hydrazone groups is 1. The van der Waals surface area contributed by atoms with E-state index in [9.17, 15) is 35.9 Å². The van der Waals surface area contributed by atoms with Crippen LogP contribution in [0, 0.1) is 0 Å². The number of amides is 3. The molecule has 0 radical (unpaired) electrons. The fourth-order valence-electron chi connectivity index (χ4n) is 4.39. The second-order valence-electron chi connectivity index (χ2n) is 9.08. The van der Waals surface area contributed by atoms with Crippen molar-refractivity contribution in [1.29, 1.82) is 0 Å². The molecule has 0 N–H and O–H groups in total. The third-order valence-electron chi connectivity index (χ3n) is 6.22. The topological polar surface area (TPSA) is 62.2 Å². The van der Waals surface area contributed by atoms with Gasteiger partial charge in [-0.3, -0.25) is 4.79 Å². The molecule has 0 saturated carbocycles. The normalized spacial score (nSPS) is 17.4. The number of imide groups is 1. The van der Waals surface area contributed by atoms with Crippen molar-refractivity contribution in [1.82, 2.24) is 5.01 Å². The van der Waals surface area contributed by atoms with Gasteiger partial charge in [-0.15, -0.1) is 13.2 Å². The van der Waals surface area contributed by atoms with Gasteiger partial charge in [0.25, 0.3) is 0 Å². The van der Waals surface area contributed by atoms with Crippen molar-refractivity contribution in [2.45, 2.75) is 31.8 Å². The van der Waals surface area contributed by atoms with E-state index in [-0.39, 0.29) is 23.5 Å². The number of nitrogens with zero attached hydrogens (tertiary/aromatic N) is 3. The fourth-order valence-corrected chi connectivity index (χ4v) is 4.68. The van der Waals surface area contributed by atoms with Gasteiger partial charge in [0.1, 0.15) is 5.75 Å². The first kappa shape index (κ1) is 28.9. The third kappa shape index (κ3) is 5.91. The zero-order valence-electron chi connectivity index (χ0n) is 20.8. The Kier molecular flexibility index (Phi) is 7.59. The van der Waals surface area contributed by atoms with Crippen LogP contribution in [0.4, 0.5) is 36.8 Å². The molecule has 40 heavy (non-hydrogen) atoms. The van der Waals surface area contributed by atoms with E-state index in [4.69, 9.17) is 11.6 Å². The van der Waals surface area contributed by atoms with Gasteiger partial charge in [-0.25, -0.2) is 14.7 Å². The van der Waals surface area contributed by atoms with Crippen LogP contribution in [-0.2, 0) is 16.4 Å². The summed E-state index contributed by atoms with van der Waals surface area (Å²) < 4.78 is 81.3. The summed E-state index contributed by atoms with van der Waals surface area (Å²) in [5.74, 6) is -1.30. The maximum Gasteiger partial charge on any atom is 0.573 e. The third-order valence-corrected chi connectivity index (χ3v) is 6.54. The van der Waals surface area contributed by atoms with Crippen LogP contribution < -0.4 is 9.64 Å². The number of benzene rings is 3. The van der Waals surface area contributed by atoms with Crippen molar-refractivity contribution >= 4 is 34.9 Å². The van der Waals surface area contributed by atoms with Crippen molar-refractivity contribution in [3.63, 3.8) is 0 Å². The number of carbonyl (C=O) groups is 2. The Morgan fingerprint density at radius 3 is 2.12 bits per heavy atom. The minimum absolute atomic E-state index is 0.0466. The fraction of sp³-hybridized carbons (Fsp3) is 0.222. The summed E-state index contributed by atoms with van der Waals surface area (Å²) >= 11 is 5.97. The van der Waals surface area contributed by atoms with Crippen LogP contribution in [0.25, 0.3) is 0 Å². The molecule has 1 aliphatic rings. The maximum absolute atomic E-state index is 13.6. The molecule has 3 aromatic rings. The van der Waals surface area contributed by atoms with Gasteiger partial charge in [0.05, 0.1) is 33.9 Å². The van der Waals surface area contributed by atoms with E-state index >= 15 is 0 Å². The zero-order valence-corrected chi connectivity index (χ0v) is 21.6. The summed E-state index contributed by atoms with van der Waals surface area (Å²) in [5.41, 5.74) is -0.987. The molecule has 0 spiro atoms. The number of ether oxygens (including phenoxy) is 1.